The predicted molar refractivity (Wildman–Crippen MR) is 486 cm³/mol. The van der Waals surface area contributed by atoms with Crippen molar-refractivity contribution in [1.82, 2.24) is 98.6 Å². The summed E-state index contributed by atoms with van der Waals surface area (Å²) in [6, 6.07) is 43.5. The van der Waals surface area contributed by atoms with E-state index in [1.807, 2.05) is 0 Å². The van der Waals surface area contributed by atoms with Gasteiger partial charge < -0.3 is 48.1 Å². The van der Waals surface area contributed by atoms with Crippen LogP contribution in [-0.4, -0.2) is 170 Å². The molecule has 0 radical (unpaired) electrons. The summed E-state index contributed by atoms with van der Waals surface area (Å²) in [5.74, 6) is -12.9. The lowest BCUT2D eigenvalue weighted by atomic mass is 10.0. The summed E-state index contributed by atoms with van der Waals surface area (Å²) in [5, 5.41) is 49.2. The van der Waals surface area contributed by atoms with Crippen molar-refractivity contribution in [2.45, 2.75) is 129 Å². The highest BCUT2D eigenvalue weighted by Crippen LogP contribution is 2.39. The number of halogens is 16. The zero-order valence-electron chi connectivity index (χ0n) is 75.9. The van der Waals surface area contributed by atoms with Gasteiger partial charge in [-0.3, -0.25) is 43.2 Å². The van der Waals surface area contributed by atoms with Gasteiger partial charge in [0.1, 0.15) is 29.0 Å². The summed E-state index contributed by atoms with van der Waals surface area (Å²) in [6.45, 7) is -1.49. The van der Waals surface area contributed by atoms with Crippen molar-refractivity contribution in [2.75, 3.05) is 26.2 Å². The zero-order chi connectivity index (χ0) is 104. The number of aliphatic hydroxyl groups excluding tert-OH is 1. The van der Waals surface area contributed by atoms with Gasteiger partial charge in [-0.2, -0.15) is 73.1 Å². The molecule has 146 heavy (non-hydrogen) atoms. The standard InChI is InChI=1S/C27H23F4N5O3.C24H17F4N5O4.C24H19F4N5O3.C23H17F4N5O2/c1-2-5-22(37)23-21-14-35(10-11-36(21)26(32-23)27(29,30)31)25(39)18-12-15(8-9-19(18)28)13-20-16-6-3-4-7-17(16)24(38)34-33-20;25-16-6-5-12(10-17-13-3-1-2-4-14(13)20(34)31-30-17)9-15(16)21(35)32-7-8-33-18(11-32)19(22(36)37)29-23(33)24(26,27)28;25-17-6-5-13(10-18-14-3-1-2-4-15(14)21(35)31-30-18)9-16(17)22(36)32-7-8-33-20(11-32)19(12-34)29-23(33)24(26,27)28;24-18-6-5-13(10-19-15-3-1-2-4-16(15)20(33)30-29-19)9-17(18)21(34)31-7-8-32-14(12-31)11-28-22(32)23(25,26)27/h3-4,6-9,12H,2,5,10-11,13-14H2,1H3,(H,34,38);1-6,9H,7-8,10-11H2,(H,31,34)(H,36,37);1-6,9,34H,7-8,10-12H2,(H,31,35);1-6,9,11H,7-8,10,12H2,(H,30,33). The van der Waals surface area contributed by atoms with E-state index in [0.717, 1.165) is 47.6 Å². The Bertz CT molecular complexity index is 8180. The first-order chi connectivity index (χ1) is 69.5. The lowest BCUT2D eigenvalue weighted by Crippen LogP contribution is -2.40. The second-order valence-electron chi connectivity index (χ2n) is 34.1. The van der Waals surface area contributed by atoms with Crippen LogP contribution in [0.15, 0.2) is 195 Å². The summed E-state index contributed by atoms with van der Waals surface area (Å²) in [6.07, 6.45) is -16.7. The predicted octanol–water partition coefficient (Wildman–Crippen LogP) is 14.3. The van der Waals surface area contributed by atoms with Crippen LogP contribution in [-0.2, 0) is 109 Å². The Balaban J connectivity index is 0.000000133. The molecule has 8 aromatic heterocycles. The first kappa shape index (κ1) is 101. The fourth-order valence-electron chi connectivity index (χ4n) is 18.0. The van der Waals surface area contributed by atoms with Gasteiger partial charge in [-0.1, -0.05) is 104 Å². The highest BCUT2D eigenvalue weighted by molar-refractivity contribution is 5.99. The molecule has 0 bridgehead atoms. The Morgan fingerprint density at radius 3 is 0.932 bits per heavy atom. The van der Waals surface area contributed by atoms with Gasteiger partial charge in [-0.05, 0) is 101 Å². The van der Waals surface area contributed by atoms with E-state index in [0.29, 0.717) is 94.5 Å². The molecule has 0 spiro atoms. The topological polar surface area (TPSA) is 410 Å². The van der Waals surface area contributed by atoms with Crippen LogP contribution in [0.3, 0.4) is 0 Å². The molecule has 752 valence electrons. The second kappa shape index (κ2) is 40.4. The van der Waals surface area contributed by atoms with E-state index in [1.165, 1.54) is 69.3 Å². The number of carbonyl (C=O) groups excluding carboxylic acids is 5. The molecular formula is C98H76F16N20O12. The number of nitrogens with one attached hydrogen (secondary N) is 4. The molecule has 4 aliphatic rings. The van der Waals surface area contributed by atoms with Crippen LogP contribution in [0.4, 0.5) is 70.2 Å². The number of Topliss-reactive ketones (excluding diaryl/α,β-unsaturated/α-hetero) is 1. The fraction of sp³-hybridized carbons (Fsp3) is 0.245. The van der Waals surface area contributed by atoms with E-state index in [4.69, 9.17) is 0 Å². The van der Waals surface area contributed by atoms with Gasteiger partial charge in [0.05, 0.1) is 134 Å². The van der Waals surface area contributed by atoms with Crippen LogP contribution in [0.1, 0.15) is 179 Å². The second-order valence-corrected chi connectivity index (χ2v) is 34.1. The largest absolute Gasteiger partial charge is 0.476 e. The van der Waals surface area contributed by atoms with E-state index in [-0.39, 0.29) is 183 Å². The van der Waals surface area contributed by atoms with Crippen LogP contribution in [0.5, 0.6) is 0 Å². The van der Waals surface area contributed by atoms with Crippen molar-refractivity contribution in [1.29, 1.82) is 0 Å². The molecule has 20 rings (SSSR count). The van der Waals surface area contributed by atoms with Crippen molar-refractivity contribution in [3.63, 3.8) is 0 Å². The van der Waals surface area contributed by atoms with E-state index in [9.17, 15) is 128 Å². The number of fused-ring (bicyclic) bond motifs is 8. The number of hydrogen-bond acceptors (Lipinski definition) is 19. The lowest BCUT2D eigenvalue weighted by molar-refractivity contribution is -0.148. The fourth-order valence-corrected chi connectivity index (χ4v) is 18.0. The molecule has 0 saturated carbocycles. The number of carbonyl (C=O) groups is 6. The molecule has 8 aromatic carbocycles. The van der Waals surface area contributed by atoms with E-state index in [1.54, 1.807) is 104 Å². The van der Waals surface area contributed by atoms with Crippen LogP contribution in [0, 0.1) is 23.3 Å². The van der Waals surface area contributed by atoms with Gasteiger partial charge in [0.2, 0.25) is 23.3 Å². The molecule has 4 amide bonds. The van der Waals surface area contributed by atoms with E-state index < -0.39 is 125 Å². The maximum absolute atomic E-state index is 14.9. The molecule has 4 aliphatic heterocycles. The maximum atomic E-state index is 14.9. The van der Waals surface area contributed by atoms with Gasteiger partial charge in [0.25, 0.3) is 45.9 Å². The maximum Gasteiger partial charge on any atom is 0.449 e. The molecule has 0 aliphatic carbocycles. The van der Waals surface area contributed by atoms with Gasteiger partial charge in [-0.15, -0.1) is 0 Å². The van der Waals surface area contributed by atoms with Crippen molar-refractivity contribution < 1.29 is 109 Å². The SMILES string of the molecule is CCCC(=O)c1nc(C(F)(F)F)n2c1CN(C(=O)c1cc(Cc3n[nH]c(=O)c4ccccc34)ccc1F)CC2.O=C(O)c1nc(C(F)(F)F)n2c1CN(C(=O)c1cc(Cc3n[nH]c(=O)c4ccccc34)ccc1F)CC2.O=C(c1cc(Cc2n[nH]c(=O)c3ccccc23)ccc1F)N1CCn2c(C(F)(F)F)nc(CO)c2C1.O=C(c1cc(Cc2n[nH]c(=O)c3ccccc23)ccc1F)N1CCn2c(cnc2C(F)(F)F)C1. The molecule has 0 unspecified atom stereocenters. The molecule has 0 atom stereocenters. The molecule has 12 heterocycles. The first-order valence-electron chi connectivity index (χ1n) is 44.7. The van der Waals surface area contributed by atoms with Gasteiger partial charge in [0.15, 0.2) is 11.5 Å². The number of carboxylic acids is 1. The van der Waals surface area contributed by atoms with E-state index >= 15 is 0 Å². The third-order valence-corrected chi connectivity index (χ3v) is 24.9. The van der Waals surface area contributed by atoms with Crippen LogP contribution in [0.2, 0.25) is 0 Å². The quantitative estimate of drug-likeness (QED) is 0.0364. The minimum atomic E-state index is -4.88. The molecule has 0 saturated heterocycles. The average Bonchev–Trinajstić information content (AvgIpc) is 1.61. The Morgan fingerprint density at radius 1 is 0.342 bits per heavy atom. The number of amides is 4. The van der Waals surface area contributed by atoms with Gasteiger partial charge >= 0.3 is 30.7 Å². The molecular weight excluding hydrogens is 1950 g/mol. The number of imidazole rings is 4. The first-order valence-corrected chi connectivity index (χ1v) is 44.7. The van der Waals surface area contributed by atoms with Gasteiger partial charge in [0, 0.05) is 106 Å². The molecule has 48 heteroatoms. The number of nitrogens with zero attached hydrogens (tertiary/aromatic N) is 16. The zero-order valence-corrected chi connectivity index (χ0v) is 75.9. The number of hydrogen-bond donors (Lipinski definition) is 6. The normalized spacial score (nSPS) is 13.7. The van der Waals surface area contributed by atoms with Gasteiger partial charge in [-0.25, -0.2) is 62.7 Å². The number of rotatable bonds is 17. The number of aromatic carboxylic acids is 1. The minimum absolute atomic E-state index is 0.0128. The molecule has 16 aromatic rings. The Kier molecular flexibility index (Phi) is 27.8. The Hall–Kier alpha value is -17.0. The summed E-state index contributed by atoms with van der Waals surface area (Å²) in [7, 11) is 0. The van der Waals surface area contributed by atoms with Crippen LogP contribution < -0.4 is 22.2 Å². The third kappa shape index (κ3) is 20.6. The highest BCUT2D eigenvalue weighted by atomic mass is 19.4. The number of ketones is 1. The number of aliphatic hydroxyl groups is 1. The molecule has 32 nitrogen and oxygen atoms in total. The van der Waals surface area contributed by atoms with E-state index in [2.05, 4.69) is 60.7 Å². The summed E-state index contributed by atoms with van der Waals surface area (Å²) >= 11 is 0. The monoisotopic (exact) mass is 2030 g/mol. The summed E-state index contributed by atoms with van der Waals surface area (Å²) < 4.78 is 223. The summed E-state index contributed by atoms with van der Waals surface area (Å²) in [4.78, 5) is 144. The number of aromatic amines is 4. The van der Waals surface area contributed by atoms with Crippen molar-refractivity contribution in [3.05, 3.63) is 371 Å². The Morgan fingerprint density at radius 2 is 0.623 bits per heavy atom. The lowest BCUT2D eigenvalue weighted by Gasteiger charge is -2.30. The van der Waals surface area contributed by atoms with Crippen molar-refractivity contribution >= 4 is 78.5 Å². The molecule has 0 fully saturated rings. The number of alkyl halides is 12. The number of benzene rings is 8. The number of H-pyrrole nitrogens is 4. The van der Waals surface area contributed by atoms with Crippen LogP contribution in [0.25, 0.3) is 43.1 Å². The van der Waals surface area contributed by atoms with Crippen molar-refractivity contribution in [3.8, 4) is 0 Å². The summed E-state index contributed by atoms with van der Waals surface area (Å²) in [5.41, 5.74) is 0.596. The number of carboxylic acid groups (broad SMARTS) is 1. The Labute approximate surface area is 809 Å². The third-order valence-electron chi connectivity index (χ3n) is 24.9. The smallest absolute Gasteiger partial charge is 0.449 e. The minimum Gasteiger partial charge on any atom is -0.476 e. The average molecular weight is 2030 g/mol. The molecule has 6 N–H and O–H groups in total. The highest BCUT2D eigenvalue weighted by Gasteiger charge is 2.46. The van der Waals surface area contributed by atoms with Crippen LogP contribution >= 0.6 is 0 Å². The number of aromatic nitrogens is 16. The van der Waals surface area contributed by atoms with Crippen molar-refractivity contribution in [2.24, 2.45) is 0 Å².